The van der Waals surface area contributed by atoms with Gasteiger partial charge in [0.25, 0.3) is 5.92 Å². The van der Waals surface area contributed by atoms with Gasteiger partial charge in [-0.25, -0.2) is 18.6 Å². The van der Waals surface area contributed by atoms with Crippen molar-refractivity contribution < 1.29 is 28.2 Å². The molecular formula is C17H21F2N3O4. The normalized spacial score (nSPS) is 23.1. The number of hydrogen-bond acceptors (Lipinski definition) is 4. The third-order valence-electron chi connectivity index (χ3n) is 5.12. The van der Waals surface area contributed by atoms with E-state index in [0.717, 1.165) is 0 Å². The van der Waals surface area contributed by atoms with Gasteiger partial charge in [-0.3, -0.25) is 4.79 Å². The van der Waals surface area contributed by atoms with Crippen LogP contribution in [0.2, 0.25) is 0 Å². The van der Waals surface area contributed by atoms with Crippen LogP contribution >= 0.6 is 0 Å². The van der Waals surface area contributed by atoms with Crippen LogP contribution in [0, 0.1) is 5.92 Å². The molecule has 2 aliphatic heterocycles. The fraction of sp³-hybridized carbons (Fsp3) is 0.588. The number of methoxy groups -OCH3 is 1. The maximum Gasteiger partial charge on any atom is 0.407 e. The molecule has 2 fully saturated rings. The van der Waals surface area contributed by atoms with Gasteiger partial charge < -0.3 is 19.6 Å². The first-order valence-electron chi connectivity index (χ1n) is 8.48. The quantitative estimate of drug-likeness (QED) is 0.860. The Balaban J connectivity index is 1.62. The molecule has 2 atom stereocenters. The van der Waals surface area contributed by atoms with Gasteiger partial charge in [-0.15, -0.1) is 0 Å². The zero-order chi connectivity index (χ0) is 18.9. The summed E-state index contributed by atoms with van der Waals surface area (Å²) in [5, 5.41) is 9.08. The number of fused-ring (bicyclic) bond motifs is 1. The van der Waals surface area contributed by atoms with Gasteiger partial charge in [0.15, 0.2) is 0 Å². The zero-order valence-electron chi connectivity index (χ0n) is 14.4. The van der Waals surface area contributed by atoms with Crippen molar-refractivity contribution >= 4 is 12.0 Å². The van der Waals surface area contributed by atoms with Crippen LogP contribution in [0.3, 0.4) is 0 Å². The first-order chi connectivity index (χ1) is 12.3. The van der Waals surface area contributed by atoms with Crippen LogP contribution in [0.4, 0.5) is 13.6 Å². The fourth-order valence-corrected chi connectivity index (χ4v) is 3.67. The largest absolute Gasteiger partial charge is 0.481 e. The van der Waals surface area contributed by atoms with Gasteiger partial charge in [0.05, 0.1) is 13.2 Å². The average Bonchev–Trinajstić information content (AvgIpc) is 2.95. The minimum atomic E-state index is -3.09. The van der Waals surface area contributed by atoms with Crippen molar-refractivity contribution in [2.45, 2.75) is 31.2 Å². The number of ether oxygens (including phenoxy) is 1. The molecule has 1 aromatic rings. The molecule has 0 aromatic carbocycles. The number of carboxylic acid groups (broad SMARTS) is 1. The highest BCUT2D eigenvalue weighted by atomic mass is 19.3. The number of nitrogens with zero attached hydrogens (tertiary/aromatic N) is 3. The Hall–Kier alpha value is -2.45. The Kier molecular flexibility index (Phi) is 4.97. The van der Waals surface area contributed by atoms with Gasteiger partial charge in [0.2, 0.25) is 11.8 Å². The summed E-state index contributed by atoms with van der Waals surface area (Å²) in [7, 11) is 1.36. The van der Waals surface area contributed by atoms with Crippen LogP contribution in [0.25, 0.3) is 0 Å². The third kappa shape index (κ3) is 3.56. The van der Waals surface area contributed by atoms with Crippen LogP contribution in [0.15, 0.2) is 18.3 Å². The molecule has 1 N–H and O–H groups in total. The Labute approximate surface area is 149 Å². The molecule has 2 amide bonds. The molecule has 2 aliphatic rings. The number of alkyl halides is 2. The highest BCUT2D eigenvalue weighted by Crippen LogP contribution is 2.38. The van der Waals surface area contributed by atoms with E-state index in [4.69, 9.17) is 9.84 Å². The van der Waals surface area contributed by atoms with Crippen LogP contribution in [0.1, 0.15) is 24.8 Å². The van der Waals surface area contributed by atoms with E-state index in [1.54, 1.807) is 4.90 Å². The minimum absolute atomic E-state index is 0.0521. The number of halogens is 2. The first-order valence-corrected chi connectivity index (χ1v) is 8.48. The summed E-state index contributed by atoms with van der Waals surface area (Å²) in [6, 6.07) is 2.23. The second kappa shape index (κ2) is 7.05. The minimum Gasteiger partial charge on any atom is -0.481 e. The van der Waals surface area contributed by atoms with E-state index < -0.39 is 24.4 Å². The van der Waals surface area contributed by atoms with E-state index in [1.165, 1.54) is 30.3 Å². The molecule has 3 rings (SSSR count). The van der Waals surface area contributed by atoms with Gasteiger partial charge in [-0.1, -0.05) is 0 Å². The van der Waals surface area contributed by atoms with E-state index in [0.29, 0.717) is 13.0 Å². The van der Waals surface area contributed by atoms with E-state index in [9.17, 15) is 18.4 Å². The zero-order valence-corrected chi connectivity index (χ0v) is 14.4. The Morgan fingerprint density at radius 1 is 1.46 bits per heavy atom. The summed E-state index contributed by atoms with van der Waals surface area (Å²) in [5.74, 6) is -3.62. The molecule has 2 saturated heterocycles. The third-order valence-corrected chi connectivity index (χ3v) is 5.12. The summed E-state index contributed by atoms with van der Waals surface area (Å²) in [6.07, 6.45) is 0.261. The number of hydrogen-bond donors (Lipinski definition) is 1. The van der Waals surface area contributed by atoms with E-state index in [1.807, 2.05) is 0 Å². The van der Waals surface area contributed by atoms with Crippen molar-refractivity contribution in [1.29, 1.82) is 0 Å². The maximum atomic E-state index is 14.5. The molecule has 0 radical (unpaired) electrons. The number of pyridine rings is 1. The molecule has 26 heavy (non-hydrogen) atoms. The monoisotopic (exact) mass is 369 g/mol. The Bertz CT molecular complexity index is 700. The number of aromatic nitrogens is 1. The van der Waals surface area contributed by atoms with Crippen molar-refractivity contribution in [1.82, 2.24) is 14.8 Å². The highest BCUT2D eigenvalue weighted by molar-refractivity contribution is 5.82. The van der Waals surface area contributed by atoms with Crippen LogP contribution in [-0.4, -0.2) is 64.7 Å². The van der Waals surface area contributed by atoms with E-state index in [2.05, 4.69) is 4.98 Å². The molecule has 142 valence electrons. The molecule has 0 spiro atoms. The summed E-state index contributed by atoms with van der Waals surface area (Å²) in [6.45, 7) is 0.830. The van der Waals surface area contributed by atoms with Crippen LogP contribution in [-0.2, 0) is 10.7 Å². The number of carbonyl (C=O) groups is 2. The molecule has 0 saturated carbocycles. The van der Waals surface area contributed by atoms with Crippen LogP contribution in [0.5, 0.6) is 5.88 Å². The van der Waals surface area contributed by atoms with Crippen molar-refractivity contribution in [3.63, 3.8) is 0 Å². The molecule has 7 nitrogen and oxygen atoms in total. The lowest BCUT2D eigenvalue weighted by atomic mass is 9.94. The van der Waals surface area contributed by atoms with Gasteiger partial charge >= 0.3 is 6.09 Å². The second-order valence-corrected chi connectivity index (χ2v) is 6.68. The summed E-state index contributed by atoms with van der Waals surface area (Å²) < 4.78 is 33.9. The van der Waals surface area contributed by atoms with Gasteiger partial charge in [0.1, 0.15) is 0 Å². The average molecular weight is 369 g/mol. The number of piperazine rings is 1. The van der Waals surface area contributed by atoms with E-state index in [-0.39, 0.29) is 42.9 Å². The van der Waals surface area contributed by atoms with Crippen molar-refractivity contribution in [2.24, 2.45) is 5.92 Å². The highest BCUT2D eigenvalue weighted by Gasteiger charge is 2.44. The standard InChI is InChI=1S/C17H21F2N3O4/c1-26-14-9-12(3-5-20-14)17(18,19)4-2-11-8-13-10-21(16(24)25)6-7-22(13)15(11)23/h3,5,9,11,13H,2,4,6-8,10H2,1H3,(H,24,25)/t11-,13-/m0/s1. The SMILES string of the molecule is COc1cc(C(F)(F)CC[C@H]2C[C@H]3CN(C(=O)O)CCN3C2=O)ccn1. The number of rotatable bonds is 5. The predicted molar refractivity (Wildman–Crippen MR) is 87.1 cm³/mol. The summed E-state index contributed by atoms with van der Waals surface area (Å²) in [5.41, 5.74) is -0.190. The van der Waals surface area contributed by atoms with Crippen LogP contribution < -0.4 is 4.74 Å². The molecular weight excluding hydrogens is 348 g/mol. The second-order valence-electron chi connectivity index (χ2n) is 6.68. The molecule has 3 heterocycles. The lowest BCUT2D eigenvalue weighted by Crippen LogP contribution is -2.52. The predicted octanol–water partition coefficient (Wildman–Crippen LogP) is 2.17. The Morgan fingerprint density at radius 2 is 2.23 bits per heavy atom. The van der Waals surface area contributed by atoms with E-state index >= 15 is 0 Å². The number of amides is 2. The molecule has 0 bridgehead atoms. The molecule has 0 unspecified atom stereocenters. The lowest BCUT2D eigenvalue weighted by Gasteiger charge is -2.35. The Morgan fingerprint density at radius 3 is 2.92 bits per heavy atom. The van der Waals surface area contributed by atoms with Gasteiger partial charge in [-0.2, -0.15) is 0 Å². The molecule has 1 aromatic heterocycles. The lowest BCUT2D eigenvalue weighted by molar-refractivity contribution is -0.134. The van der Waals surface area contributed by atoms with Gasteiger partial charge in [0, 0.05) is 49.8 Å². The number of carbonyl (C=O) groups excluding carboxylic acids is 1. The maximum absolute atomic E-state index is 14.5. The van der Waals surface area contributed by atoms with Crippen molar-refractivity contribution in [3.05, 3.63) is 23.9 Å². The molecule has 0 aliphatic carbocycles. The topological polar surface area (TPSA) is 83.0 Å². The fourth-order valence-electron chi connectivity index (χ4n) is 3.67. The molecule has 9 heteroatoms. The smallest absolute Gasteiger partial charge is 0.407 e. The summed E-state index contributed by atoms with van der Waals surface area (Å²) in [4.78, 5) is 30.3. The van der Waals surface area contributed by atoms with Crippen molar-refractivity contribution in [2.75, 3.05) is 26.7 Å². The van der Waals surface area contributed by atoms with Gasteiger partial charge in [-0.05, 0) is 18.9 Å². The summed E-state index contributed by atoms with van der Waals surface area (Å²) >= 11 is 0. The van der Waals surface area contributed by atoms with Crippen molar-refractivity contribution in [3.8, 4) is 5.88 Å². The first kappa shape index (κ1) is 18.3.